The minimum Gasteiger partial charge on any atom is -0.284 e. The van der Waals surface area contributed by atoms with E-state index in [1.54, 1.807) is 22.3 Å². The van der Waals surface area contributed by atoms with Crippen LogP contribution >= 0.6 is 11.3 Å². The third-order valence-corrected chi connectivity index (χ3v) is 6.08. The van der Waals surface area contributed by atoms with E-state index in [9.17, 15) is 4.79 Å². The maximum atomic E-state index is 13.1. The molecule has 0 spiro atoms. The summed E-state index contributed by atoms with van der Waals surface area (Å²) in [5.41, 5.74) is 2.24. The van der Waals surface area contributed by atoms with Crippen LogP contribution in [0.4, 0.5) is 5.13 Å². The Morgan fingerprint density at radius 2 is 1.96 bits per heavy atom. The summed E-state index contributed by atoms with van der Waals surface area (Å²) in [6.45, 7) is 4.33. The van der Waals surface area contributed by atoms with Gasteiger partial charge < -0.3 is 0 Å². The molecule has 1 heterocycles. The summed E-state index contributed by atoms with van der Waals surface area (Å²) >= 11 is 1.67. The molecule has 0 unspecified atom stereocenters. The van der Waals surface area contributed by atoms with Crippen LogP contribution in [0, 0.1) is 0 Å². The summed E-state index contributed by atoms with van der Waals surface area (Å²) in [5.74, 6) is 0.0762. The molecule has 1 aliphatic carbocycles. The van der Waals surface area contributed by atoms with Crippen LogP contribution in [0.1, 0.15) is 29.0 Å². The average Bonchev–Trinajstić information content (AvgIpc) is 3.10. The van der Waals surface area contributed by atoms with Crippen LogP contribution in [0.3, 0.4) is 0 Å². The molecule has 0 saturated heterocycles. The minimum atomic E-state index is 0.0762. The summed E-state index contributed by atoms with van der Waals surface area (Å²) in [6.07, 6.45) is 6.69. The van der Waals surface area contributed by atoms with Crippen molar-refractivity contribution in [3.63, 3.8) is 0 Å². The lowest BCUT2D eigenvalue weighted by atomic mass is 10.0. The Kier molecular flexibility index (Phi) is 4.85. The molecular formula is C22H22N2OS. The number of aryl methyl sites for hydroxylation is 2. The van der Waals surface area contributed by atoms with Gasteiger partial charge in [0, 0.05) is 11.4 Å². The lowest BCUT2D eigenvalue weighted by Crippen LogP contribution is -2.32. The van der Waals surface area contributed by atoms with Gasteiger partial charge in [0.25, 0.3) is 0 Å². The lowest BCUT2D eigenvalue weighted by molar-refractivity contribution is -0.117. The molecule has 2 aromatic carbocycles. The van der Waals surface area contributed by atoms with Crippen molar-refractivity contribution >= 4 is 33.1 Å². The first-order valence-electron chi connectivity index (χ1n) is 9.13. The van der Waals surface area contributed by atoms with Crippen molar-refractivity contribution in [2.75, 3.05) is 11.4 Å². The van der Waals surface area contributed by atoms with Crippen LogP contribution in [0.25, 0.3) is 10.8 Å². The molecule has 3 aromatic rings. The number of thiazole rings is 1. The summed E-state index contributed by atoms with van der Waals surface area (Å²) in [5, 5.41) is 3.13. The number of benzene rings is 2. The highest BCUT2D eigenvalue weighted by molar-refractivity contribution is 7.16. The number of nitrogens with zero attached hydrogens (tertiary/aromatic N) is 2. The van der Waals surface area contributed by atoms with Gasteiger partial charge in [-0.3, -0.25) is 9.69 Å². The number of amides is 1. The van der Waals surface area contributed by atoms with Gasteiger partial charge in [0.15, 0.2) is 5.13 Å². The number of carbonyl (C=O) groups excluding carboxylic acids is 1. The first-order valence-corrected chi connectivity index (χ1v) is 9.94. The second-order valence-corrected chi connectivity index (χ2v) is 7.74. The Morgan fingerprint density at radius 1 is 1.15 bits per heavy atom. The van der Waals surface area contributed by atoms with Gasteiger partial charge in [0.1, 0.15) is 0 Å². The molecule has 0 saturated carbocycles. The fraction of sp³-hybridized carbons (Fsp3) is 0.273. The van der Waals surface area contributed by atoms with E-state index in [0.717, 1.165) is 34.3 Å². The van der Waals surface area contributed by atoms with Gasteiger partial charge in [0.2, 0.25) is 5.91 Å². The van der Waals surface area contributed by atoms with Crippen LogP contribution in [0.15, 0.2) is 55.1 Å². The molecule has 0 fully saturated rings. The quantitative estimate of drug-likeness (QED) is 0.603. The number of rotatable bonds is 5. The Morgan fingerprint density at radius 3 is 2.81 bits per heavy atom. The predicted molar refractivity (Wildman–Crippen MR) is 109 cm³/mol. The molecule has 0 atom stereocenters. The Balaban J connectivity index is 1.63. The molecule has 1 aliphatic rings. The van der Waals surface area contributed by atoms with Crippen molar-refractivity contribution in [1.82, 2.24) is 4.98 Å². The molecular weight excluding hydrogens is 340 g/mol. The zero-order valence-corrected chi connectivity index (χ0v) is 15.6. The molecule has 1 aromatic heterocycles. The molecule has 0 bridgehead atoms. The monoisotopic (exact) mass is 362 g/mol. The Labute approximate surface area is 158 Å². The Hall–Kier alpha value is -2.46. The van der Waals surface area contributed by atoms with E-state index in [4.69, 9.17) is 4.98 Å². The third-order valence-electron chi connectivity index (χ3n) is 4.90. The first kappa shape index (κ1) is 17.0. The van der Waals surface area contributed by atoms with E-state index < -0.39 is 0 Å². The standard InChI is InChI=1S/C22H22N2OS/c1-2-14-24(22-23-19-12-5-6-13-20(19)26-22)21(25)15-17-10-7-9-16-8-3-4-11-18(16)17/h2-4,7-11H,1,5-6,12-15H2. The van der Waals surface area contributed by atoms with E-state index in [-0.39, 0.29) is 5.91 Å². The molecule has 4 heteroatoms. The van der Waals surface area contributed by atoms with E-state index >= 15 is 0 Å². The molecule has 0 N–H and O–H groups in total. The number of hydrogen-bond donors (Lipinski definition) is 0. The van der Waals surface area contributed by atoms with Gasteiger partial charge in [-0.15, -0.1) is 17.9 Å². The summed E-state index contributed by atoms with van der Waals surface area (Å²) in [4.78, 5) is 21.0. The highest BCUT2D eigenvalue weighted by atomic mass is 32.1. The third kappa shape index (κ3) is 3.29. The molecule has 0 aliphatic heterocycles. The molecule has 1 amide bonds. The topological polar surface area (TPSA) is 33.2 Å². The molecule has 26 heavy (non-hydrogen) atoms. The van der Waals surface area contributed by atoms with Gasteiger partial charge in [0.05, 0.1) is 12.1 Å². The van der Waals surface area contributed by atoms with Gasteiger partial charge >= 0.3 is 0 Å². The fourth-order valence-electron chi connectivity index (χ4n) is 3.57. The number of aromatic nitrogens is 1. The highest BCUT2D eigenvalue weighted by Crippen LogP contribution is 2.32. The van der Waals surface area contributed by atoms with Crippen molar-refractivity contribution in [2.24, 2.45) is 0 Å². The zero-order valence-electron chi connectivity index (χ0n) is 14.8. The van der Waals surface area contributed by atoms with Gasteiger partial charge in [-0.1, -0.05) is 48.5 Å². The second-order valence-electron chi connectivity index (χ2n) is 6.68. The minimum absolute atomic E-state index is 0.0762. The molecule has 3 nitrogen and oxygen atoms in total. The van der Waals surface area contributed by atoms with E-state index in [1.165, 1.54) is 23.4 Å². The highest BCUT2D eigenvalue weighted by Gasteiger charge is 2.22. The number of hydrogen-bond acceptors (Lipinski definition) is 3. The van der Waals surface area contributed by atoms with Crippen LogP contribution in [0.5, 0.6) is 0 Å². The van der Waals surface area contributed by atoms with Gasteiger partial charge in [-0.25, -0.2) is 4.98 Å². The average molecular weight is 362 g/mol. The largest absolute Gasteiger partial charge is 0.284 e. The van der Waals surface area contributed by atoms with E-state index in [0.29, 0.717) is 13.0 Å². The maximum Gasteiger partial charge on any atom is 0.233 e. The first-order chi connectivity index (χ1) is 12.8. The van der Waals surface area contributed by atoms with E-state index in [1.807, 2.05) is 24.3 Å². The van der Waals surface area contributed by atoms with Crippen molar-refractivity contribution in [1.29, 1.82) is 0 Å². The molecule has 4 rings (SSSR count). The molecule has 132 valence electrons. The summed E-state index contributed by atoms with van der Waals surface area (Å²) in [7, 11) is 0. The smallest absolute Gasteiger partial charge is 0.233 e. The predicted octanol–water partition coefficient (Wildman–Crippen LogP) is 4.94. The fourth-order valence-corrected chi connectivity index (χ4v) is 4.75. The normalized spacial score (nSPS) is 13.4. The molecule has 0 radical (unpaired) electrons. The van der Waals surface area contributed by atoms with Crippen LogP contribution in [-0.2, 0) is 24.1 Å². The van der Waals surface area contributed by atoms with Crippen molar-refractivity contribution in [3.05, 3.63) is 71.3 Å². The van der Waals surface area contributed by atoms with Crippen LogP contribution in [0.2, 0.25) is 0 Å². The maximum absolute atomic E-state index is 13.1. The lowest BCUT2D eigenvalue weighted by Gasteiger charge is -2.18. The van der Waals surface area contributed by atoms with Crippen LogP contribution < -0.4 is 4.90 Å². The van der Waals surface area contributed by atoms with Crippen molar-refractivity contribution in [3.8, 4) is 0 Å². The number of anilines is 1. The van der Waals surface area contributed by atoms with Gasteiger partial charge in [-0.05, 0) is 42.0 Å². The second kappa shape index (κ2) is 7.42. The van der Waals surface area contributed by atoms with E-state index in [2.05, 4.69) is 24.8 Å². The zero-order chi connectivity index (χ0) is 17.9. The van der Waals surface area contributed by atoms with Gasteiger partial charge in [-0.2, -0.15) is 0 Å². The Bertz CT molecular complexity index is 931. The van der Waals surface area contributed by atoms with Crippen molar-refractivity contribution in [2.45, 2.75) is 32.1 Å². The van der Waals surface area contributed by atoms with Crippen molar-refractivity contribution < 1.29 is 4.79 Å². The number of carbonyl (C=O) groups is 1. The summed E-state index contributed by atoms with van der Waals surface area (Å²) < 4.78 is 0. The number of fused-ring (bicyclic) bond motifs is 2. The SMILES string of the molecule is C=CCN(C(=O)Cc1cccc2ccccc12)c1nc2c(s1)CCCC2. The summed E-state index contributed by atoms with van der Waals surface area (Å²) in [6, 6.07) is 14.4. The van der Waals surface area contributed by atoms with Crippen LogP contribution in [-0.4, -0.2) is 17.4 Å².